The number of nitrogens with one attached hydrogen (secondary N) is 1. The molecule has 0 fully saturated rings. The largest absolute Gasteiger partial charge is 0.256 e. The second-order valence-electron chi connectivity index (χ2n) is 5.36. The summed E-state index contributed by atoms with van der Waals surface area (Å²) in [5.41, 5.74) is 2.82. The van der Waals surface area contributed by atoms with Crippen molar-refractivity contribution in [3.05, 3.63) is 78.0 Å². The van der Waals surface area contributed by atoms with Crippen molar-refractivity contribution in [2.24, 2.45) is 0 Å². The number of aromatic nitrogens is 1. The molecule has 5 heteroatoms. The van der Waals surface area contributed by atoms with Crippen LogP contribution in [0.1, 0.15) is 11.1 Å². The highest BCUT2D eigenvalue weighted by Gasteiger charge is 2.11. The Morgan fingerprint density at radius 3 is 2.48 bits per heavy atom. The minimum Gasteiger partial charge on any atom is -0.256 e. The van der Waals surface area contributed by atoms with E-state index in [1.54, 1.807) is 6.20 Å². The molecular formula is C18H18N2O2S. The van der Waals surface area contributed by atoms with Gasteiger partial charge in [-0.2, -0.15) is 0 Å². The van der Waals surface area contributed by atoms with E-state index in [-0.39, 0.29) is 12.3 Å². The van der Waals surface area contributed by atoms with Gasteiger partial charge in [0.05, 0.1) is 11.3 Å². The number of sulfonamides is 1. The summed E-state index contributed by atoms with van der Waals surface area (Å²) >= 11 is 0. The first-order valence-corrected chi connectivity index (χ1v) is 9.13. The standard InChI is InChI=1S/C18H18N2O2S/c21-23(22,13-11-15-6-2-1-3-7-15)20-14-16-10-12-19-18-9-5-4-8-17(16)18/h1-10,12,20H,11,13-14H2. The second-order valence-corrected chi connectivity index (χ2v) is 7.29. The molecule has 0 amide bonds. The Bertz CT molecular complexity index is 888. The van der Waals surface area contributed by atoms with E-state index in [2.05, 4.69) is 9.71 Å². The SMILES string of the molecule is O=S(=O)(CCc1ccccc1)NCc1ccnc2ccccc12. The maximum absolute atomic E-state index is 12.2. The molecule has 118 valence electrons. The van der Waals surface area contributed by atoms with Crippen molar-refractivity contribution in [1.82, 2.24) is 9.71 Å². The van der Waals surface area contributed by atoms with Gasteiger partial charge in [0.25, 0.3) is 0 Å². The molecule has 0 radical (unpaired) electrons. The smallest absolute Gasteiger partial charge is 0.212 e. The second kappa shape index (κ2) is 6.89. The fraction of sp³-hybridized carbons (Fsp3) is 0.167. The highest BCUT2D eigenvalue weighted by atomic mass is 32.2. The summed E-state index contributed by atoms with van der Waals surface area (Å²) in [6.07, 6.45) is 2.21. The van der Waals surface area contributed by atoms with E-state index < -0.39 is 10.0 Å². The first kappa shape index (κ1) is 15.6. The molecule has 0 bridgehead atoms. The van der Waals surface area contributed by atoms with Gasteiger partial charge in [0.1, 0.15) is 0 Å². The maximum atomic E-state index is 12.2. The van der Waals surface area contributed by atoms with Crippen LogP contribution >= 0.6 is 0 Å². The number of nitrogens with zero attached hydrogens (tertiary/aromatic N) is 1. The molecule has 3 aromatic rings. The van der Waals surface area contributed by atoms with E-state index in [1.165, 1.54) is 0 Å². The lowest BCUT2D eigenvalue weighted by Gasteiger charge is -2.09. The lowest BCUT2D eigenvalue weighted by atomic mass is 10.1. The van der Waals surface area contributed by atoms with Gasteiger partial charge in [-0.3, -0.25) is 4.98 Å². The van der Waals surface area contributed by atoms with Crippen LogP contribution in [-0.2, 0) is 23.0 Å². The third-order valence-corrected chi connectivity index (χ3v) is 5.05. The molecule has 0 aliphatic rings. The van der Waals surface area contributed by atoms with Crippen molar-refractivity contribution in [2.45, 2.75) is 13.0 Å². The summed E-state index contributed by atoms with van der Waals surface area (Å²) in [7, 11) is -3.32. The van der Waals surface area contributed by atoms with Gasteiger partial charge in [-0.05, 0) is 29.7 Å². The van der Waals surface area contributed by atoms with E-state index in [0.29, 0.717) is 6.42 Å². The van der Waals surface area contributed by atoms with Crippen molar-refractivity contribution >= 4 is 20.9 Å². The predicted octanol–water partition coefficient (Wildman–Crippen LogP) is 2.90. The molecule has 1 heterocycles. The highest BCUT2D eigenvalue weighted by molar-refractivity contribution is 7.89. The number of rotatable bonds is 6. The van der Waals surface area contributed by atoms with Crippen LogP contribution in [0.3, 0.4) is 0 Å². The van der Waals surface area contributed by atoms with E-state index in [4.69, 9.17) is 0 Å². The predicted molar refractivity (Wildman–Crippen MR) is 92.5 cm³/mol. The van der Waals surface area contributed by atoms with Crippen LogP contribution in [0, 0.1) is 0 Å². The Balaban J connectivity index is 1.66. The molecule has 3 rings (SSSR count). The molecule has 23 heavy (non-hydrogen) atoms. The summed E-state index contributed by atoms with van der Waals surface area (Å²) < 4.78 is 27.1. The summed E-state index contributed by atoms with van der Waals surface area (Å²) in [4.78, 5) is 4.29. The van der Waals surface area contributed by atoms with E-state index >= 15 is 0 Å². The summed E-state index contributed by atoms with van der Waals surface area (Å²) in [6, 6.07) is 19.2. The summed E-state index contributed by atoms with van der Waals surface area (Å²) in [5.74, 6) is 0.0834. The Labute approximate surface area is 136 Å². The molecule has 4 nitrogen and oxygen atoms in total. The van der Waals surface area contributed by atoms with Gasteiger partial charge in [0.15, 0.2) is 0 Å². The van der Waals surface area contributed by atoms with Crippen LogP contribution in [0.25, 0.3) is 10.9 Å². The zero-order valence-corrected chi connectivity index (χ0v) is 13.5. The molecule has 1 aromatic heterocycles. The first-order chi connectivity index (χ1) is 11.1. The van der Waals surface area contributed by atoms with E-state index in [0.717, 1.165) is 22.0 Å². The van der Waals surface area contributed by atoms with Gasteiger partial charge in [-0.1, -0.05) is 48.5 Å². The quantitative estimate of drug-likeness (QED) is 0.758. The number of aryl methyl sites for hydroxylation is 1. The normalized spacial score (nSPS) is 11.7. The molecule has 2 aromatic carbocycles. The van der Waals surface area contributed by atoms with E-state index in [9.17, 15) is 8.42 Å². The van der Waals surface area contributed by atoms with Gasteiger partial charge < -0.3 is 0 Å². The monoisotopic (exact) mass is 326 g/mol. The average Bonchev–Trinajstić information content (AvgIpc) is 2.59. The zero-order chi connectivity index (χ0) is 16.1. The molecule has 0 aliphatic heterocycles. The van der Waals surface area contributed by atoms with Crippen LogP contribution < -0.4 is 4.72 Å². The number of pyridine rings is 1. The number of fused-ring (bicyclic) bond motifs is 1. The first-order valence-electron chi connectivity index (χ1n) is 7.48. The van der Waals surface area contributed by atoms with Crippen LogP contribution in [-0.4, -0.2) is 19.2 Å². The topological polar surface area (TPSA) is 59.1 Å². The average molecular weight is 326 g/mol. The Kier molecular flexibility index (Phi) is 4.69. The number of benzene rings is 2. The molecular weight excluding hydrogens is 308 g/mol. The molecule has 1 N–H and O–H groups in total. The Morgan fingerprint density at radius 2 is 1.65 bits per heavy atom. The van der Waals surface area contributed by atoms with Crippen molar-refractivity contribution in [1.29, 1.82) is 0 Å². The van der Waals surface area contributed by atoms with Crippen LogP contribution in [0.15, 0.2) is 66.9 Å². The van der Waals surface area contributed by atoms with Gasteiger partial charge in [-0.25, -0.2) is 13.1 Å². The minimum absolute atomic E-state index is 0.0834. The van der Waals surface area contributed by atoms with Crippen LogP contribution in [0.5, 0.6) is 0 Å². The summed E-state index contributed by atoms with van der Waals surface area (Å²) in [6.45, 7) is 0.278. The van der Waals surface area contributed by atoms with Crippen LogP contribution in [0.2, 0.25) is 0 Å². The molecule has 0 atom stereocenters. The third-order valence-electron chi connectivity index (χ3n) is 3.72. The zero-order valence-electron chi connectivity index (χ0n) is 12.6. The highest BCUT2D eigenvalue weighted by Crippen LogP contribution is 2.16. The van der Waals surface area contributed by atoms with Crippen molar-refractivity contribution in [3.8, 4) is 0 Å². The molecule has 0 saturated heterocycles. The third kappa shape index (κ3) is 4.15. The van der Waals surface area contributed by atoms with E-state index in [1.807, 2.05) is 60.7 Å². The Hall–Kier alpha value is -2.24. The fourth-order valence-corrected chi connectivity index (χ4v) is 3.49. The lowest BCUT2D eigenvalue weighted by molar-refractivity contribution is 0.580. The molecule has 0 spiro atoms. The minimum atomic E-state index is -3.32. The maximum Gasteiger partial charge on any atom is 0.212 e. The van der Waals surface area contributed by atoms with Gasteiger partial charge in [0.2, 0.25) is 10.0 Å². The lowest BCUT2D eigenvalue weighted by Crippen LogP contribution is -2.27. The van der Waals surface area contributed by atoms with Crippen LogP contribution in [0.4, 0.5) is 0 Å². The van der Waals surface area contributed by atoms with Gasteiger partial charge in [0, 0.05) is 18.1 Å². The molecule has 0 saturated carbocycles. The number of hydrogen-bond donors (Lipinski definition) is 1. The summed E-state index contributed by atoms with van der Waals surface area (Å²) in [5, 5.41) is 0.973. The number of hydrogen-bond acceptors (Lipinski definition) is 3. The van der Waals surface area contributed by atoms with Crippen molar-refractivity contribution in [3.63, 3.8) is 0 Å². The Morgan fingerprint density at radius 1 is 0.913 bits per heavy atom. The fourth-order valence-electron chi connectivity index (χ4n) is 2.47. The van der Waals surface area contributed by atoms with Crippen molar-refractivity contribution in [2.75, 3.05) is 5.75 Å². The van der Waals surface area contributed by atoms with Crippen molar-refractivity contribution < 1.29 is 8.42 Å². The number of para-hydroxylation sites is 1. The molecule has 0 unspecified atom stereocenters. The molecule has 0 aliphatic carbocycles. The van der Waals surface area contributed by atoms with Gasteiger partial charge in [-0.15, -0.1) is 0 Å². The van der Waals surface area contributed by atoms with Gasteiger partial charge >= 0.3 is 0 Å².